The molecule has 20 heavy (non-hydrogen) atoms. The van der Waals surface area contributed by atoms with Crippen molar-refractivity contribution >= 4 is 5.78 Å². The van der Waals surface area contributed by atoms with Crippen LogP contribution in [0.25, 0.3) is 0 Å². The molecular weight excluding hydrogens is 244 g/mol. The van der Waals surface area contributed by atoms with E-state index in [0.29, 0.717) is 5.78 Å². The summed E-state index contributed by atoms with van der Waals surface area (Å²) in [7, 11) is 0. The lowest BCUT2D eigenvalue weighted by Crippen LogP contribution is -2.34. The molecule has 0 radical (unpaired) electrons. The fourth-order valence-corrected chi connectivity index (χ4v) is 3.94. The van der Waals surface area contributed by atoms with Gasteiger partial charge in [-0.05, 0) is 42.2 Å². The third-order valence-electron chi connectivity index (χ3n) is 5.35. The van der Waals surface area contributed by atoms with E-state index in [2.05, 4.69) is 48.6 Å². The van der Waals surface area contributed by atoms with Crippen molar-refractivity contribution in [2.45, 2.75) is 37.5 Å². The Balaban J connectivity index is 1.77. The highest BCUT2D eigenvalue weighted by Gasteiger charge is 2.43. The lowest BCUT2D eigenvalue weighted by molar-refractivity contribution is -0.121. The molecule has 0 bridgehead atoms. The van der Waals surface area contributed by atoms with Crippen LogP contribution < -0.4 is 0 Å². The van der Waals surface area contributed by atoms with Crippen molar-refractivity contribution in [1.29, 1.82) is 0 Å². The smallest absolute Gasteiger partial charge is 0.133 e. The predicted molar refractivity (Wildman–Crippen MR) is 80.4 cm³/mol. The van der Waals surface area contributed by atoms with Crippen LogP contribution in [-0.4, -0.2) is 5.78 Å². The van der Waals surface area contributed by atoms with Gasteiger partial charge in [0.1, 0.15) is 5.78 Å². The third-order valence-corrected chi connectivity index (χ3v) is 5.35. The molecule has 3 aliphatic rings. The summed E-state index contributed by atoms with van der Waals surface area (Å²) in [4.78, 5) is 11.7. The molecule has 1 nitrogen and oxygen atoms in total. The zero-order chi connectivity index (χ0) is 13.6. The van der Waals surface area contributed by atoms with Gasteiger partial charge in [0.15, 0.2) is 0 Å². The van der Waals surface area contributed by atoms with Gasteiger partial charge in [0, 0.05) is 18.3 Å². The zero-order valence-electron chi connectivity index (χ0n) is 11.7. The van der Waals surface area contributed by atoms with Crippen molar-refractivity contribution in [2.75, 3.05) is 0 Å². The van der Waals surface area contributed by atoms with Crippen LogP contribution in [0.1, 0.15) is 37.7 Å². The first kappa shape index (κ1) is 12.1. The summed E-state index contributed by atoms with van der Waals surface area (Å²) in [6.45, 7) is 0. The maximum atomic E-state index is 11.7. The number of fused-ring (bicyclic) bond motifs is 1. The van der Waals surface area contributed by atoms with E-state index < -0.39 is 0 Å². The number of rotatable bonds is 2. The number of hydrogen-bond donors (Lipinski definition) is 0. The fraction of sp³-hybridized carbons (Fsp3) is 0.421. The lowest BCUT2D eigenvalue weighted by Gasteiger charge is -2.39. The monoisotopic (exact) mass is 264 g/mol. The van der Waals surface area contributed by atoms with Crippen molar-refractivity contribution < 1.29 is 4.79 Å². The van der Waals surface area contributed by atoms with Crippen LogP contribution in [-0.2, 0) is 10.2 Å². The minimum absolute atomic E-state index is 0.0826. The van der Waals surface area contributed by atoms with Gasteiger partial charge in [0.25, 0.3) is 0 Å². The van der Waals surface area contributed by atoms with Gasteiger partial charge in [0.05, 0.1) is 0 Å². The Kier molecular flexibility index (Phi) is 2.70. The molecule has 0 spiro atoms. The lowest BCUT2D eigenvalue weighted by atomic mass is 9.64. The Morgan fingerprint density at radius 2 is 1.75 bits per heavy atom. The number of benzene rings is 1. The Morgan fingerprint density at radius 1 is 1.00 bits per heavy atom. The second-order valence-corrected chi connectivity index (χ2v) is 6.53. The number of ketones is 1. The van der Waals surface area contributed by atoms with Gasteiger partial charge >= 0.3 is 0 Å². The number of carbonyl (C=O) groups is 1. The van der Waals surface area contributed by atoms with Crippen molar-refractivity contribution in [1.82, 2.24) is 0 Å². The van der Waals surface area contributed by atoms with E-state index in [0.717, 1.165) is 37.5 Å². The molecule has 0 aromatic heterocycles. The normalized spacial score (nSPS) is 30.6. The van der Waals surface area contributed by atoms with Gasteiger partial charge in [-0.2, -0.15) is 0 Å². The quantitative estimate of drug-likeness (QED) is 0.782. The van der Waals surface area contributed by atoms with E-state index in [1.54, 1.807) is 0 Å². The minimum Gasteiger partial charge on any atom is -0.300 e. The van der Waals surface area contributed by atoms with Gasteiger partial charge in [-0.1, -0.05) is 48.6 Å². The van der Waals surface area contributed by atoms with Gasteiger partial charge in [-0.3, -0.25) is 4.79 Å². The Morgan fingerprint density at radius 3 is 2.45 bits per heavy atom. The number of carbonyl (C=O) groups excluding carboxylic acids is 1. The van der Waals surface area contributed by atoms with E-state index in [4.69, 9.17) is 0 Å². The molecule has 1 heteroatoms. The van der Waals surface area contributed by atoms with Crippen LogP contribution >= 0.6 is 0 Å². The van der Waals surface area contributed by atoms with Crippen molar-refractivity contribution in [3.05, 3.63) is 59.7 Å². The molecule has 1 aromatic carbocycles. The van der Waals surface area contributed by atoms with Gasteiger partial charge in [-0.15, -0.1) is 0 Å². The second kappa shape index (κ2) is 4.44. The first-order chi connectivity index (χ1) is 9.78. The van der Waals surface area contributed by atoms with Crippen LogP contribution in [0.5, 0.6) is 0 Å². The van der Waals surface area contributed by atoms with Crippen molar-refractivity contribution in [2.24, 2.45) is 11.8 Å². The van der Waals surface area contributed by atoms with Gasteiger partial charge in [-0.25, -0.2) is 0 Å². The number of allylic oxidation sites excluding steroid dienone is 4. The molecule has 2 atom stereocenters. The van der Waals surface area contributed by atoms with Crippen LogP contribution in [0.15, 0.2) is 54.1 Å². The van der Waals surface area contributed by atoms with Gasteiger partial charge < -0.3 is 0 Å². The first-order valence-electron chi connectivity index (χ1n) is 7.76. The number of hydrogen-bond acceptors (Lipinski definition) is 1. The molecule has 102 valence electrons. The Bertz CT molecular complexity index is 583. The highest BCUT2D eigenvalue weighted by molar-refractivity contribution is 5.80. The molecular formula is C19H20O. The zero-order valence-corrected chi connectivity index (χ0v) is 11.7. The molecule has 0 N–H and O–H groups in total. The van der Waals surface area contributed by atoms with E-state index >= 15 is 0 Å². The maximum Gasteiger partial charge on any atom is 0.133 e. The largest absolute Gasteiger partial charge is 0.300 e. The highest BCUT2D eigenvalue weighted by Crippen LogP contribution is 2.51. The summed E-state index contributed by atoms with van der Waals surface area (Å²) in [5, 5.41) is 0. The molecule has 0 heterocycles. The summed E-state index contributed by atoms with van der Waals surface area (Å²) in [6.07, 6.45) is 12.0. The van der Waals surface area contributed by atoms with E-state index in [-0.39, 0.29) is 5.41 Å². The van der Waals surface area contributed by atoms with E-state index in [1.165, 1.54) is 17.6 Å². The molecule has 2 saturated carbocycles. The summed E-state index contributed by atoms with van der Waals surface area (Å²) in [6, 6.07) is 10.8. The molecule has 4 rings (SSSR count). The fourth-order valence-electron chi connectivity index (χ4n) is 3.94. The molecule has 0 aliphatic heterocycles. The summed E-state index contributed by atoms with van der Waals surface area (Å²) < 4.78 is 0. The van der Waals surface area contributed by atoms with E-state index in [9.17, 15) is 4.79 Å². The minimum atomic E-state index is 0.0826. The molecule has 2 fully saturated rings. The standard InChI is InChI=1S/C19H20O/c20-18-8-10-19(11-9-18,16-4-2-1-3-5-16)17-7-6-14-12-15(14)13-17/h1-7,13-15H,8-12H2. The second-order valence-electron chi connectivity index (χ2n) is 6.53. The van der Waals surface area contributed by atoms with Crippen LogP contribution in [0.3, 0.4) is 0 Å². The van der Waals surface area contributed by atoms with Crippen LogP contribution in [0, 0.1) is 11.8 Å². The van der Waals surface area contributed by atoms with E-state index in [1.807, 2.05) is 0 Å². The average Bonchev–Trinajstić information content (AvgIpc) is 3.28. The molecule has 3 aliphatic carbocycles. The molecule has 2 unspecified atom stereocenters. The first-order valence-corrected chi connectivity index (χ1v) is 7.76. The van der Waals surface area contributed by atoms with Gasteiger partial charge in [0.2, 0.25) is 0 Å². The topological polar surface area (TPSA) is 17.1 Å². The average molecular weight is 264 g/mol. The third kappa shape index (κ3) is 1.88. The Hall–Kier alpha value is -1.63. The summed E-state index contributed by atoms with van der Waals surface area (Å²) in [5.74, 6) is 2.01. The van der Waals surface area contributed by atoms with Crippen molar-refractivity contribution in [3.63, 3.8) is 0 Å². The highest BCUT2D eigenvalue weighted by atomic mass is 16.1. The molecule has 1 aromatic rings. The predicted octanol–water partition coefficient (Wildman–Crippen LogP) is 4.20. The summed E-state index contributed by atoms with van der Waals surface area (Å²) >= 11 is 0. The van der Waals surface area contributed by atoms with Crippen molar-refractivity contribution in [3.8, 4) is 0 Å². The maximum absolute atomic E-state index is 11.7. The van der Waals surface area contributed by atoms with Crippen LogP contribution in [0.2, 0.25) is 0 Å². The SMILES string of the molecule is O=C1CCC(C2=CC3CC3C=C2)(c2ccccc2)CC1. The molecule has 0 saturated heterocycles. The Labute approximate surface area is 120 Å². The summed E-state index contributed by atoms with van der Waals surface area (Å²) in [5.41, 5.74) is 2.94. The number of Topliss-reactive ketones (excluding diaryl/α,β-unsaturated/α-hetero) is 1. The van der Waals surface area contributed by atoms with Crippen LogP contribution in [0.4, 0.5) is 0 Å². The molecule has 0 amide bonds.